The summed E-state index contributed by atoms with van der Waals surface area (Å²) in [6, 6.07) is 10.8. The fourth-order valence-corrected chi connectivity index (χ4v) is 1.96. The number of furan rings is 1. The largest absolute Gasteiger partial charge is 0.497 e. The van der Waals surface area contributed by atoms with Crippen LogP contribution in [-0.2, 0) is 6.42 Å². The summed E-state index contributed by atoms with van der Waals surface area (Å²) in [7, 11) is 1.63. The fraction of sp³-hybridized carbons (Fsp3) is 0.214. The van der Waals surface area contributed by atoms with Crippen LogP contribution in [-0.4, -0.2) is 19.7 Å². The van der Waals surface area contributed by atoms with Crippen LogP contribution in [0.4, 0.5) is 10.7 Å². The van der Waals surface area contributed by atoms with E-state index in [2.05, 4.69) is 26.6 Å². The summed E-state index contributed by atoms with van der Waals surface area (Å²) in [5, 5.41) is 5.36. The zero-order valence-electron chi connectivity index (χ0n) is 11.0. The number of carbonyl (C=O) groups is 1. The van der Waals surface area contributed by atoms with Gasteiger partial charge in [-0.15, -0.1) is 0 Å². The number of methoxy groups -OCH3 is 1. The van der Waals surface area contributed by atoms with E-state index in [1.165, 1.54) is 0 Å². The van der Waals surface area contributed by atoms with Crippen LogP contribution >= 0.6 is 15.9 Å². The summed E-state index contributed by atoms with van der Waals surface area (Å²) in [5.41, 5.74) is 1.13. The third-order valence-corrected chi connectivity index (χ3v) is 3.09. The van der Waals surface area contributed by atoms with E-state index in [0.717, 1.165) is 17.7 Å². The molecule has 2 amide bonds. The van der Waals surface area contributed by atoms with E-state index in [1.54, 1.807) is 19.2 Å². The van der Waals surface area contributed by atoms with E-state index < -0.39 is 0 Å². The Labute approximate surface area is 125 Å². The molecule has 2 aromatic rings. The quantitative estimate of drug-likeness (QED) is 0.877. The molecule has 0 saturated carbocycles. The highest BCUT2D eigenvalue weighted by molar-refractivity contribution is 9.10. The maximum absolute atomic E-state index is 11.6. The highest BCUT2D eigenvalue weighted by Gasteiger charge is 2.04. The SMILES string of the molecule is COc1ccc(CCNC(=O)Nc2ccc(Br)o2)cc1. The van der Waals surface area contributed by atoms with Crippen molar-refractivity contribution in [3.05, 3.63) is 46.6 Å². The minimum absolute atomic E-state index is 0.291. The number of hydrogen-bond acceptors (Lipinski definition) is 3. The number of anilines is 1. The molecule has 0 saturated heterocycles. The van der Waals surface area contributed by atoms with Crippen LogP contribution in [0.5, 0.6) is 5.75 Å². The van der Waals surface area contributed by atoms with Crippen LogP contribution in [0, 0.1) is 0 Å². The molecule has 0 unspecified atom stereocenters. The summed E-state index contributed by atoms with van der Waals surface area (Å²) < 4.78 is 10.8. The fourth-order valence-electron chi connectivity index (χ4n) is 1.65. The highest BCUT2D eigenvalue weighted by Crippen LogP contribution is 2.17. The van der Waals surface area contributed by atoms with Crippen LogP contribution in [0.1, 0.15) is 5.56 Å². The Hall–Kier alpha value is -1.95. The second-order valence-corrected chi connectivity index (χ2v) is 4.86. The molecule has 2 rings (SSSR count). The van der Waals surface area contributed by atoms with Crippen molar-refractivity contribution in [3.63, 3.8) is 0 Å². The molecule has 0 fully saturated rings. The van der Waals surface area contributed by atoms with Crippen molar-refractivity contribution in [2.75, 3.05) is 19.0 Å². The third-order valence-electron chi connectivity index (χ3n) is 2.67. The Bertz CT molecular complexity index is 566. The van der Waals surface area contributed by atoms with Crippen molar-refractivity contribution < 1.29 is 13.9 Å². The number of halogens is 1. The van der Waals surface area contributed by atoms with E-state index in [9.17, 15) is 4.79 Å². The first kappa shape index (κ1) is 14.5. The molecule has 0 aliphatic rings. The number of amides is 2. The zero-order valence-corrected chi connectivity index (χ0v) is 12.6. The predicted molar refractivity (Wildman–Crippen MR) is 80.1 cm³/mol. The third kappa shape index (κ3) is 4.31. The first-order valence-corrected chi connectivity index (χ1v) is 6.90. The maximum Gasteiger partial charge on any atom is 0.321 e. The van der Waals surface area contributed by atoms with Crippen LogP contribution in [0.25, 0.3) is 0 Å². The Kier molecular flexibility index (Phi) is 5.06. The van der Waals surface area contributed by atoms with Gasteiger partial charge in [-0.3, -0.25) is 5.32 Å². The minimum atomic E-state index is -0.291. The molecule has 1 aromatic carbocycles. The zero-order chi connectivity index (χ0) is 14.4. The van der Waals surface area contributed by atoms with E-state index >= 15 is 0 Å². The Morgan fingerprint density at radius 2 is 2.00 bits per heavy atom. The van der Waals surface area contributed by atoms with Crippen molar-refractivity contribution >= 4 is 27.8 Å². The first-order chi connectivity index (χ1) is 9.67. The molecule has 0 spiro atoms. The van der Waals surface area contributed by atoms with Crippen LogP contribution in [0.15, 0.2) is 45.5 Å². The number of benzene rings is 1. The van der Waals surface area contributed by atoms with Crippen molar-refractivity contribution in [1.82, 2.24) is 5.32 Å². The topological polar surface area (TPSA) is 63.5 Å². The van der Waals surface area contributed by atoms with Gasteiger partial charge < -0.3 is 14.5 Å². The summed E-state index contributed by atoms with van der Waals surface area (Å²) in [4.78, 5) is 11.6. The second-order valence-electron chi connectivity index (χ2n) is 4.08. The van der Waals surface area contributed by atoms with Gasteiger partial charge in [0, 0.05) is 12.6 Å². The van der Waals surface area contributed by atoms with Crippen LogP contribution in [0.3, 0.4) is 0 Å². The Balaban J connectivity index is 1.73. The van der Waals surface area contributed by atoms with E-state index in [0.29, 0.717) is 17.1 Å². The molecule has 5 nitrogen and oxygen atoms in total. The number of nitrogens with one attached hydrogen (secondary N) is 2. The lowest BCUT2D eigenvalue weighted by molar-refractivity contribution is 0.251. The lowest BCUT2D eigenvalue weighted by Crippen LogP contribution is -2.30. The van der Waals surface area contributed by atoms with Gasteiger partial charge in [0.2, 0.25) is 5.88 Å². The molecule has 20 heavy (non-hydrogen) atoms. The van der Waals surface area contributed by atoms with Gasteiger partial charge in [0.25, 0.3) is 0 Å². The standard InChI is InChI=1S/C14H15BrN2O3/c1-19-11-4-2-10(3-5-11)8-9-16-14(18)17-13-7-6-12(15)20-13/h2-7H,8-9H2,1H3,(H2,16,17,18). The molecule has 0 aliphatic carbocycles. The monoisotopic (exact) mass is 338 g/mol. The van der Waals surface area contributed by atoms with Gasteiger partial charge >= 0.3 is 6.03 Å². The smallest absolute Gasteiger partial charge is 0.321 e. The van der Waals surface area contributed by atoms with Gasteiger partial charge in [-0.1, -0.05) is 12.1 Å². The van der Waals surface area contributed by atoms with E-state index in [4.69, 9.17) is 9.15 Å². The Morgan fingerprint density at radius 1 is 1.25 bits per heavy atom. The highest BCUT2D eigenvalue weighted by atomic mass is 79.9. The number of rotatable bonds is 5. The van der Waals surface area contributed by atoms with Gasteiger partial charge in [0.15, 0.2) is 4.67 Å². The average Bonchev–Trinajstić information content (AvgIpc) is 2.85. The van der Waals surface area contributed by atoms with Gasteiger partial charge in [-0.05, 0) is 46.1 Å². The normalized spacial score (nSPS) is 10.1. The number of hydrogen-bond donors (Lipinski definition) is 2. The molecular formula is C14H15BrN2O3. The molecule has 0 bridgehead atoms. The average molecular weight is 339 g/mol. The van der Waals surface area contributed by atoms with Crippen molar-refractivity contribution in [2.45, 2.75) is 6.42 Å². The second kappa shape index (κ2) is 7.00. The predicted octanol–water partition coefficient (Wildman–Crippen LogP) is 3.41. The van der Waals surface area contributed by atoms with Crippen molar-refractivity contribution in [2.24, 2.45) is 0 Å². The molecule has 0 radical (unpaired) electrons. The number of urea groups is 1. The van der Waals surface area contributed by atoms with E-state index in [-0.39, 0.29) is 6.03 Å². The summed E-state index contributed by atoms with van der Waals surface area (Å²) >= 11 is 3.17. The van der Waals surface area contributed by atoms with Gasteiger partial charge in [0.1, 0.15) is 5.75 Å². The van der Waals surface area contributed by atoms with Crippen molar-refractivity contribution in [3.8, 4) is 5.75 Å². The maximum atomic E-state index is 11.6. The lowest BCUT2D eigenvalue weighted by Gasteiger charge is -2.06. The van der Waals surface area contributed by atoms with Crippen LogP contribution in [0.2, 0.25) is 0 Å². The van der Waals surface area contributed by atoms with Crippen molar-refractivity contribution in [1.29, 1.82) is 0 Å². The molecular weight excluding hydrogens is 324 g/mol. The molecule has 106 valence electrons. The number of carbonyl (C=O) groups excluding carboxylic acids is 1. The summed E-state index contributed by atoms with van der Waals surface area (Å²) in [6.45, 7) is 0.542. The molecule has 1 heterocycles. The minimum Gasteiger partial charge on any atom is -0.497 e. The molecule has 0 atom stereocenters. The van der Waals surface area contributed by atoms with Gasteiger partial charge in [-0.25, -0.2) is 4.79 Å². The number of ether oxygens (including phenoxy) is 1. The lowest BCUT2D eigenvalue weighted by atomic mass is 10.1. The Morgan fingerprint density at radius 3 is 2.60 bits per heavy atom. The molecule has 2 N–H and O–H groups in total. The summed E-state index contributed by atoms with van der Waals surface area (Å²) in [6.07, 6.45) is 0.749. The van der Waals surface area contributed by atoms with Gasteiger partial charge in [0.05, 0.1) is 7.11 Å². The summed E-state index contributed by atoms with van der Waals surface area (Å²) in [5.74, 6) is 1.22. The van der Waals surface area contributed by atoms with Gasteiger partial charge in [-0.2, -0.15) is 0 Å². The molecule has 1 aromatic heterocycles. The molecule has 0 aliphatic heterocycles. The molecule has 6 heteroatoms. The first-order valence-electron chi connectivity index (χ1n) is 6.10. The van der Waals surface area contributed by atoms with Crippen LogP contribution < -0.4 is 15.4 Å². The van der Waals surface area contributed by atoms with E-state index in [1.807, 2.05) is 24.3 Å².